The zero-order chi connectivity index (χ0) is 15.8. The van der Waals surface area contributed by atoms with Crippen LogP contribution >= 0.6 is 0 Å². The molecule has 0 radical (unpaired) electrons. The normalized spacial score (nSPS) is 10.0. The van der Waals surface area contributed by atoms with Gasteiger partial charge in [0, 0.05) is 0 Å². The highest BCUT2D eigenvalue weighted by Gasteiger charge is 2.12. The lowest BCUT2D eigenvalue weighted by atomic mass is 10.2. The number of carbonyl (C=O) groups excluding carboxylic acids is 2. The van der Waals surface area contributed by atoms with Gasteiger partial charge in [0.25, 0.3) is 0 Å². The fourth-order valence-corrected chi connectivity index (χ4v) is 1.88. The standard InChI is InChI=1S/C18H18O4/c1-2-3-11-21-16-9-6-8-14(12-16)18(20)22-17-10-5-4-7-15(17)13-19/h4-10,12-13H,2-3,11H2,1H3. The van der Waals surface area contributed by atoms with Crippen LogP contribution in [0.1, 0.15) is 40.5 Å². The number of hydrogen-bond donors (Lipinski definition) is 0. The van der Waals surface area contributed by atoms with Crippen molar-refractivity contribution in [3.8, 4) is 11.5 Å². The van der Waals surface area contributed by atoms with E-state index >= 15 is 0 Å². The molecule has 0 aliphatic carbocycles. The largest absolute Gasteiger partial charge is 0.494 e. The minimum Gasteiger partial charge on any atom is -0.494 e. The van der Waals surface area contributed by atoms with Gasteiger partial charge in [-0.2, -0.15) is 0 Å². The van der Waals surface area contributed by atoms with Crippen LogP contribution in [0, 0.1) is 0 Å². The molecule has 0 N–H and O–H groups in total. The number of aldehydes is 1. The Kier molecular flexibility index (Phi) is 5.72. The number of hydrogen-bond acceptors (Lipinski definition) is 4. The number of rotatable bonds is 7. The van der Waals surface area contributed by atoms with E-state index < -0.39 is 5.97 Å². The summed E-state index contributed by atoms with van der Waals surface area (Å²) in [6, 6.07) is 13.4. The minimum atomic E-state index is -0.518. The van der Waals surface area contributed by atoms with E-state index in [0.29, 0.717) is 29.8 Å². The molecule has 2 aromatic rings. The zero-order valence-corrected chi connectivity index (χ0v) is 12.5. The van der Waals surface area contributed by atoms with Gasteiger partial charge in [0.1, 0.15) is 11.5 Å². The third kappa shape index (κ3) is 4.19. The molecule has 2 aromatic carbocycles. The summed E-state index contributed by atoms with van der Waals surface area (Å²) < 4.78 is 10.8. The van der Waals surface area contributed by atoms with Gasteiger partial charge in [-0.25, -0.2) is 4.79 Å². The monoisotopic (exact) mass is 298 g/mol. The van der Waals surface area contributed by atoms with Crippen molar-refractivity contribution in [2.75, 3.05) is 6.61 Å². The molecule has 0 bridgehead atoms. The molecule has 4 nitrogen and oxygen atoms in total. The maximum absolute atomic E-state index is 12.2. The average molecular weight is 298 g/mol. The molecule has 0 heterocycles. The van der Waals surface area contributed by atoms with Crippen LogP contribution in [0.3, 0.4) is 0 Å². The van der Waals surface area contributed by atoms with Crippen LogP contribution in [-0.2, 0) is 0 Å². The highest BCUT2D eigenvalue weighted by atomic mass is 16.5. The van der Waals surface area contributed by atoms with E-state index in [9.17, 15) is 9.59 Å². The van der Waals surface area contributed by atoms with Crippen LogP contribution in [-0.4, -0.2) is 18.9 Å². The first-order valence-electron chi connectivity index (χ1n) is 7.24. The number of para-hydroxylation sites is 1. The van der Waals surface area contributed by atoms with Crippen molar-refractivity contribution in [1.29, 1.82) is 0 Å². The summed E-state index contributed by atoms with van der Waals surface area (Å²) in [6.45, 7) is 2.70. The molecule has 4 heteroatoms. The fourth-order valence-electron chi connectivity index (χ4n) is 1.88. The molecule has 0 saturated heterocycles. The Labute approximate surface area is 129 Å². The maximum Gasteiger partial charge on any atom is 0.343 e. The van der Waals surface area contributed by atoms with E-state index in [1.54, 1.807) is 48.5 Å². The molecule has 22 heavy (non-hydrogen) atoms. The molecule has 0 saturated carbocycles. The van der Waals surface area contributed by atoms with Crippen LogP contribution in [0.5, 0.6) is 11.5 Å². The summed E-state index contributed by atoms with van der Waals surface area (Å²) in [7, 11) is 0. The topological polar surface area (TPSA) is 52.6 Å². The van der Waals surface area contributed by atoms with E-state index in [1.165, 1.54) is 0 Å². The van der Waals surface area contributed by atoms with E-state index in [-0.39, 0.29) is 5.75 Å². The van der Waals surface area contributed by atoms with Crippen molar-refractivity contribution in [1.82, 2.24) is 0 Å². The first-order chi connectivity index (χ1) is 10.7. The first-order valence-corrected chi connectivity index (χ1v) is 7.24. The van der Waals surface area contributed by atoms with Crippen LogP contribution < -0.4 is 9.47 Å². The summed E-state index contributed by atoms with van der Waals surface area (Å²) >= 11 is 0. The SMILES string of the molecule is CCCCOc1cccc(C(=O)Oc2ccccc2C=O)c1. The van der Waals surface area contributed by atoms with Crippen molar-refractivity contribution in [2.24, 2.45) is 0 Å². The highest BCUT2D eigenvalue weighted by Crippen LogP contribution is 2.19. The smallest absolute Gasteiger partial charge is 0.343 e. The van der Waals surface area contributed by atoms with Gasteiger partial charge in [0.2, 0.25) is 0 Å². The number of carbonyl (C=O) groups is 2. The first kappa shape index (κ1) is 15.8. The maximum atomic E-state index is 12.2. The molecule has 0 fully saturated rings. The van der Waals surface area contributed by atoms with Crippen LogP contribution in [0.15, 0.2) is 48.5 Å². The zero-order valence-electron chi connectivity index (χ0n) is 12.5. The van der Waals surface area contributed by atoms with Crippen LogP contribution in [0.4, 0.5) is 0 Å². The van der Waals surface area contributed by atoms with Crippen molar-refractivity contribution < 1.29 is 19.1 Å². The lowest BCUT2D eigenvalue weighted by molar-refractivity contribution is 0.0733. The van der Waals surface area contributed by atoms with Crippen LogP contribution in [0.25, 0.3) is 0 Å². The Morgan fingerprint density at radius 2 is 1.95 bits per heavy atom. The molecule has 0 aromatic heterocycles. The number of benzene rings is 2. The molecule has 0 atom stereocenters. The molecule has 2 rings (SSSR count). The van der Waals surface area contributed by atoms with Crippen molar-refractivity contribution >= 4 is 12.3 Å². The van der Waals surface area contributed by atoms with Gasteiger partial charge in [0.05, 0.1) is 17.7 Å². The Morgan fingerprint density at radius 1 is 1.14 bits per heavy atom. The Bertz CT molecular complexity index is 649. The van der Waals surface area contributed by atoms with Gasteiger partial charge in [-0.05, 0) is 36.8 Å². The molecule has 0 spiro atoms. The number of unbranched alkanes of at least 4 members (excludes halogenated alkanes) is 1. The molecular formula is C18H18O4. The van der Waals surface area contributed by atoms with E-state index in [1.807, 2.05) is 0 Å². The molecular weight excluding hydrogens is 280 g/mol. The Morgan fingerprint density at radius 3 is 2.73 bits per heavy atom. The van der Waals surface area contributed by atoms with Crippen molar-refractivity contribution in [3.63, 3.8) is 0 Å². The van der Waals surface area contributed by atoms with Gasteiger partial charge in [-0.15, -0.1) is 0 Å². The second kappa shape index (κ2) is 7.98. The highest BCUT2D eigenvalue weighted by molar-refractivity contribution is 5.92. The second-order valence-corrected chi connectivity index (χ2v) is 4.78. The second-order valence-electron chi connectivity index (χ2n) is 4.78. The molecule has 0 amide bonds. The average Bonchev–Trinajstić information content (AvgIpc) is 2.56. The predicted molar refractivity (Wildman–Crippen MR) is 83.6 cm³/mol. The van der Waals surface area contributed by atoms with Crippen molar-refractivity contribution in [3.05, 3.63) is 59.7 Å². The quantitative estimate of drug-likeness (QED) is 0.337. The summed E-state index contributed by atoms with van der Waals surface area (Å²) in [4.78, 5) is 23.1. The Balaban J connectivity index is 2.09. The van der Waals surface area contributed by atoms with Gasteiger partial charge in [-0.3, -0.25) is 4.79 Å². The third-order valence-electron chi connectivity index (χ3n) is 3.08. The molecule has 0 aliphatic rings. The third-order valence-corrected chi connectivity index (χ3v) is 3.08. The predicted octanol–water partition coefficient (Wildman–Crippen LogP) is 3.90. The fraction of sp³-hybridized carbons (Fsp3) is 0.222. The van der Waals surface area contributed by atoms with E-state index in [4.69, 9.17) is 9.47 Å². The lowest BCUT2D eigenvalue weighted by Crippen LogP contribution is -2.10. The van der Waals surface area contributed by atoms with Gasteiger partial charge in [0.15, 0.2) is 6.29 Å². The van der Waals surface area contributed by atoms with Crippen molar-refractivity contribution in [2.45, 2.75) is 19.8 Å². The van der Waals surface area contributed by atoms with E-state index in [0.717, 1.165) is 12.8 Å². The van der Waals surface area contributed by atoms with Gasteiger partial charge in [-0.1, -0.05) is 31.5 Å². The van der Waals surface area contributed by atoms with Gasteiger partial charge >= 0.3 is 5.97 Å². The summed E-state index contributed by atoms with van der Waals surface area (Å²) in [5, 5.41) is 0. The lowest BCUT2D eigenvalue weighted by Gasteiger charge is -2.08. The minimum absolute atomic E-state index is 0.250. The summed E-state index contributed by atoms with van der Waals surface area (Å²) in [6.07, 6.45) is 2.67. The number of esters is 1. The van der Waals surface area contributed by atoms with Crippen LogP contribution in [0.2, 0.25) is 0 Å². The Hall–Kier alpha value is -2.62. The van der Waals surface area contributed by atoms with Gasteiger partial charge < -0.3 is 9.47 Å². The summed E-state index contributed by atoms with van der Waals surface area (Å²) in [5.74, 6) is 0.363. The van der Waals surface area contributed by atoms with E-state index in [2.05, 4.69) is 6.92 Å². The molecule has 114 valence electrons. The number of ether oxygens (including phenoxy) is 2. The molecule has 0 unspecified atom stereocenters. The summed E-state index contributed by atoms with van der Waals surface area (Å²) in [5.41, 5.74) is 0.723. The molecule has 0 aliphatic heterocycles.